The van der Waals surface area contributed by atoms with E-state index >= 15 is 0 Å². The molecular weight excluding hydrogens is 337 g/mol. The van der Waals surface area contributed by atoms with Gasteiger partial charge in [0.25, 0.3) is 0 Å². The second kappa shape index (κ2) is 3.28. The van der Waals surface area contributed by atoms with Crippen LogP contribution in [-0.4, -0.2) is 7.47 Å². The molecular formula is C4H5FI2O. The topological polar surface area (TPSA) is 17.1 Å². The van der Waals surface area contributed by atoms with Gasteiger partial charge >= 0.3 is 0 Å². The van der Waals surface area contributed by atoms with Gasteiger partial charge in [-0.1, -0.05) is 0 Å². The van der Waals surface area contributed by atoms with Gasteiger partial charge in [0, 0.05) is 0 Å². The van der Waals surface area contributed by atoms with Gasteiger partial charge in [-0.25, -0.2) is 4.39 Å². The lowest BCUT2D eigenvalue weighted by molar-refractivity contribution is -0.117. The van der Waals surface area contributed by atoms with Gasteiger partial charge in [-0.3, -0.25) is 4.79 Å². The summed E-state index contributed by atoms with van der Waals surface area (Å²) in [4.78, 5) is 10.2. The van der Waals surface area contributed by atoms with Gasteiger partial charge in [-0.2, -0.15) is 0 Å². The quantitative estimate of drug-likeness (QED) is 0.557. The standard InChI is InChI=1S/C4H5FI2O/c1-3(8)2-4(5,6)7/h2H2,1H3. The van der Waals surface area contributed by atoms with Crippen LogP contribution in [-0.2, 0) is 4.79 Å². The minimum Gasteiger partial charge on any atom is -0.300 e. The molecule has 0 saturated carbocycles. The highest BCUT2D eigenvalue weighted by Gasteiger charge is 2.21. The van der Waals surface area contributed by atoms with Gasteiger partial charge in [-0.15, -0.1) is 0 Å². The Morgan fingerprint density at radius 1 is 1.75 bits per heavy atom. The highest BCUT2D eigenvalue weighted by atomic mass is 127. The van der Waals surface area contributed by atoms with Crippen molar-refractivity contribution >= 4 is 51.0 Å². The molecule has 0 heterocycles. The Labute approximate surface area is 74.7 Å². The van der Waals surface area contributed by atoms with Gasteiger partial charge < -0.3 is 0 Å². The van der Waals surface area contributed by atoms with Crippen molar-refractivity contribution in [2.75, 3.05) is 0 Å². The highest BCUT2D eigenvalue weighted by molar-refractivity contribution is 14.2. The van der Waals surface area contributed by atoms with Crippen LogP contribution in [0.1, 0.15) is 13.3 Å². The maximum atomic E-state index is 12.4. The van der Waals surface area contributed by atoms with Crippen LogP contribution in [0.2, 0.25) is 0 Å². The molecule has 0 saturated heterocycles. The lowest BCUT2D eigenvalue weighted by Gasteiger charge is -2.04. The molecule has 0 unspecified atom stereocenters. The molecule has 0 aromatic carbocycles. The molecule has 0 aliphatic carbocycles. The van der Waals surface area contributed by atoms with Crippen LogP contribution in [0.5, 0.6) is 0 Å². The lowest BCUT2D eigenvalue weighted by Crippen LogP contribution is -2.06. The Morgan fingerprint density at radius 3 is 2.12 bits per heavy atom. The lowest BCUT2D eigenvalue weighted by atomic mass is 10.3. The second-order valence-electron chi connectivity index (χ2n) is 1.49. The van der Waals surface area contributed by atoms with E-state index < -0.39 is 1.68 Å². The van der Waals surface area contributed by atoms with Gasteiger partial charge in [0.15, 0.2) is 0 Å². The molecule has 0 aliphatic heterocycles. The first-order valence-corrected chi connectivity index (χ1v) is 4.14. The van der Waals surface area contributed by atoms with Crippen molar-refractivity contribution in [3.8, 4) is 0 Å². The van der Waals surface area contributed by atoms with Crippen LogP contribution in [0.15, 0.2) is 0 Å². The van der Waals surface area contributed by atoms with Crippen LogP contribution in [0.4, 0.5) is 4.39 Å². The minimum atomic E-state index is -1.39. The summed E-state index contributed by atoms with van der Waals surface area (Å²) in [5.41, 5.74) is 0. The third kappa shape index (κ3) is 7.06. The third-order valence-corrected chi connectivity index (χ3v) is 1.21. The van der Waals surface area contributed by atoms with E-state index in [1.807, 2.05) is 0 Å². The zero-order valence-electron chi connectivity index (χ0n) is 4.25. The van der Waals surface area contributed by atoms with Crippen molar-refractivity contribution in [2.24, 2.45) is 0 Å². The van der Waals surface area contributed by atoms with E-state index in [1.165, 1.54) is 6.92 Å². The summed E-state index contributed by atoms with van der Waals surface area (Å²) in [5.74, 6) is -0.115. The number of carbonyl (C=O) groups is 1. The number of halogens is 3. The Hall–Kier alpha value is 1.06. The predicted molar refractivity (Wildman–Crippen MR) is 47.2 cm³/mol. The molecule has 1 nitrogen and oxygen atoms in total. The molecule has 0 fully saturated rings. The fraction of sp³-hybridized carbons (Fsp3) is 0.750. The van der Waals surface area contributed by atoms with Crippen LogP contribution < -0.4 is 0 Å². The Balaban J connectivity index is 3.55. The zero-order valence-corrected chi connectivity index (χ0v) is 8.56. The van der Waals surface area contributed by atoms with Gasteiger partial charge in [-0.05, 0) is 52.1 Å². The number of hydrogen-bond acceptors (Lipinski definition) is 1. The smallest absolute Gasteiger partial charge is 0.217 e. The molecule has 0 rings (SSSR count). The normalized spacial score (nSPS) is 11.5. The van der Waals surface area contributed by atoms with E-state index in [4.69, 9.17) is 0 Å². The first-order chi connectivity index (χ1) is 3.42. The Morgan fingerprint density at radius 2 is 2.12 bits per heavy atom. The van der Waals surface area contributed by atoms with E-state index in [-0.39, 0.29) is 12.2 Å². The van der Waals surface area contributed by atoms with Crippen molar-refractivity contribution < 1.29 is 9.18 Å². The van der Waals surface area contributed by atoms with Crippen LogP contribution in [0, 0.1) is 0 Å². The SMILES string of the molecule is CC(=O)CC(F)(I)I. The van der Waals surface area contributed by atoms with Crippen molar-refractivity contribution in [2.45, 2.75) is 15.0 Å². The van der Waals surface area contributed by atoms with Crippen molar-refractivity contribution in [1.29, 1.82) is 0 Å². The molecule has 48 valence electrons. The first-order valence-electron chi connectivity index (χ1n) is 1.98. The average Bonchev–Trinajstić information content (AvgIpc) is 1.21. The first kappa shape index (κ1) is 9.06. The number of alkyl halides is 3. The van der Waals surface area contributed by atoms with Crippen molar-refractivity contribution in [3.05, 3.63) is 0 Å². The largest absolute Gasteiger partial charge is 0.300 e. The summed E-state index contributed by atoms with van der Waals surface area (Å²) in [5, 5.41) is 0. The van der Waals surface area contributed by atoms with Crippen LogP contribution in [0.25, 0.3) is 0 Å². The molecule has 0 bridgehead atoms. The van der Waals surface area contributed by atoms with E-state index in [0.717, 1.165) is 0 Å². The van der Waals surface area contributed by atoms with E-state index in [0.29, 0.717) is 0 Å². The van der Waals surface area contributed by atoms with Gasteiger partial charge in [0.1, 0.15) is 5.78 Å². The van der Waals surface area contributed by atoms with Crippen molar-refractivity contribution in [1.82, 2.24) is 0 Å². The monoisotopic (exact) mass is 342 g/mol. The summed E-state index contributed by atoms with van der Waals surface area (Å²) in [6.45, 7) is 1.38. The number of carbonyl (C=O) groups excluding carboxylic acids is 1. The summed E-state index contributed by atoms with van der Waals surface area (Å²) in [6.07, 6.45) is -0.00583. The fourth-order valence-electron chi connectivity index (χ4n) is 0.282. The second-order valence-corrected chi connectivity index (χ2v) is 6.98. The molecule has 0 aromatic rings. The summed E-state index contributed by atoms with van der Waals surface area (Å²) >= 11 is 3.18. The highest BCUT2D eigenvalue weighted by Crippen LogP contribution is 2.32. The molecule has 4 heteroatoms. The van der Waals surface area contributed by atoms with Gasteiger partial charge in [0.2, 0.25) is 1.68 Å². The average molecular weight is 342 g/mol. The van der Waals surface area contributed by atoms with Crippen LogP contribution >= 0.6 is 45.2 Å². The Bertz CT molecular complexity index is 96.7. The zero-order chi connectivity index (χ0) is 6.78. The maximum Gasteiger partial charge on any atom is 0.217 e. The molecule has 8 heavy (non-hydrogen) atoms. The number of rotatable bonds is 2. The Kier molecular flexibility index (Phi) is 3.72. The van der Waals surface area contributed by atoms with E-state index in [9.17, 15) is 9.18 Å². The molecule has 0 spiro atoms. The van der Waals surface area contributed by atoms with E-state index in [1.54, 1.807) is 45.2 Å². The predicted octanol–water partition coefficient (Wildman–Crippen LogP) is 2.46. The number of ketones is 1. The van der Waals surface area contributed by atoms with Crippen molar-refractivity contribution in [3.63, 3.8) is 0 Å². The van der Waals surface area contributed by atoms with Gasteiger partial charge in [0.05, 0.1) is 6.42 Å². The third-order valence-electron chi connectivity index (χ3n) is 0.449. The van der Waals surface area contributed by atoms with Crippen LogP contribution in [0.3, 0.4) is 0 Å². The molecule has 0 radical (unpaired) electrons. The molecule has 0 aliphatic rings. The molecule has 0 aromatic heterocycles. The summed E-state index contributed by atoms with van der Waals surface area (Å²) in [7, 11) is 0. The number of hydrogen-bond donors (Lipinski definition) is 0. The summed E-state index contributed by atoms with van der Waals surface area (Å²) in [6, 6.07) is 0. The summed E-state index contributed by atoms with van der Waals surface area (Å²) < 4.78 is 11.0. The maximum absolute atomic E-state index is 12.4. The molecule has 0 N–H and O–H groups in total. The minimum absolute atomic E-state index is 0.00583. The molecule has 0 amide bonds. The molecule has 0 atom stereocenters. The fourth-order valence-corrected chi connectivity index (χ4v) is 1.36. The van der Waals surface area contributed by atoms with E-state index in [2.05, 4.69) is 0 Å². The number of Topliss-reactive ketones (excluding diaryl/α,β-unsaturated/α-hetero) is 1.